The molecule has 1 aromatic heterocycles. The third kappa shape index (κ3) is 5.09. The monoisotopic (exact) mass is 512 g/mol. The van der Waals surface area contributed by atoms with E-state index in [4.69, 9.17) is 29.7 Å². The second-order valence-corrected chi connectivity index (χ2v) is 9.53. The van der Waals surface area contributed by atoms with Gasteiger partial charge in [-0.15, -0.1) is 0 Å². The van der Waals surface area contributed by atoms with Crippen LogP contribution in [0.2, 0.25) is 0 Å². The third-order valence-electron chi connectivity index (χ3n) is 7.05. The summed E-state index contributed by atoms with van der Waals surface area (Å²) in [6.45, 7) is 4.13. The fourth-order valence-electron chi connectivity index (χ4n) is 5.08. The summed E-state index contributed by atoms with van der Waals surface area (Å²) in [6, 6.07) is 16.4. The average Bonchev–Trinajstić information content (AvgIpc) is 3.22. The van der Waals surface area contributed by atoms with Crippen LogP contribution in [0.4, 0.5) is 28.1 Å². The van der Waals surface area contributed by atoms with E-state index in [1.807, 2.05) is 24.3 Å². The lowest BCUT2D eigenvalue weighted by Gasteiger charge is -2.35. The van der Waals surface area contributed by atoms with Gasteiger partial charge in [-0.1, -0.05) is 0 Å². The first-order valence-electron chi connectivity index (χ1n) is 12.8. The van der Waals surface area contributed by atoms with E-state index >= 15 is 0 Å². The maximum atomic E-state index is 12.4. The standard InChI is InChI=1S/C27H28N8O3/c28-15-18-1-5-20(6-2-18)29-27(36)30-21-7-3-19(4-8-21)24-31-25(34-11-13-37-14-12-34)33-26(32-24)35-22-9-10-23(35)17-38-16-22/h1-8,22-23H,9-14,16-17H2,(H2,29,30,36). The van der Waals surface area contributed by atoms with E-state index < -0.39 is 0 Å². The van der Waals surface area contributed by atoms with Crippen LogP contribution in [0, 0.1) is 11.3 Å². The van der Waals surface area contributed by atoms with Crippen molar-refractivity contribution in [1.29, 1.82) is 5.26 Å². The Bertz CT molecular complexity index is 1320. The van der Waals surface area contributed by atoms with Crippen LogP contribution in [0.15, 0.2) is 48.5 Å². The summed E-state index contributed by atoms with van der Waals surface area (Å²) in [6.07, 6.45) is 2.15. The van der Waals surface area contributed by atoms with Crippen LogP contribution in [-0.2, 0) is 9.47 Å². The van der Waals surface area contributed by atoms with Crippen LogP contribution in [0.1, 0.15) is 18.4 Å². The maximum absolute atomic E-state index is 12.4. The van der Waals surface area contributed by atoms with Crippen molar-refractivity contribution >= 4 is 29.3 Å². The number of benzene rings is 2. The molecule has 3 aliphatic heterocycles. The van der Waals surface area contributed by atoms with Crippen LogP contribution in [0.3, 0.4) is 0 Å². The van der Waals surface area contributed by atoms with E-state index in [0.29, 0.717) is 61.1 Å². The van der Waals surface area contributed by atoms with Crippen molar-refractivity contribution < 1.29 is 14.3 Å². The predicted octanol–water partition coefficient (Wildman–Crippen LogP) is 3.26. The fraction of sp³-hybridized carbons (Fsp3) is 0.370. The van der Waals surface area contributed by atoms with E-state index in [9.17, 15) is 4.79 Å². The number of fused-ring (bicyclic) bond motifs is 2. The molecule has 6 rings (SSSR count). The number of aromatic nitrogens is 3. The van der Waals surface area contributed by atoms with Gasteiger partial charge >= 0.3 is 6.03 Å². The summed E-state index contributed by atoms with van der Waals surface area (Å²) in [5.41, 5.74) is 2.60. The Kier molecular flexibility index (Phi) is 6.73. The lowest BCUT2D eigenvalue weighted by molar-refractivity contribution is 0.0897. The van der Waals surface area contributed by atoms with E-state index in [1.54, 1.807) is 24.3 Å². The zero-order valence-corrected chi connectivity index (χ0v) is 20.8. The van der Waals surface area contributed by atoms with Crippen molar-refractivity contribution in [3.05, 3.63) is 54.1 Å². The number of amides is 2. The number of carbonyl (C=O) groups is 1. The topological polar surface area (TPSA) is 129 Å². The first-order chi connectivity index (χ1) is 18.7. The highest BCUT2D eigenvalue weighted by Crippen LogP contribution is 2.33. The Morgan fingerprint density at radius 2 is 1.45 bits per heavy atom. The van der Waals surface area contributed by atoms with Gasteiger partial charge in [0, 0.05) is 30.0 Å². The van der Waals surface area contributed by atoms with Crippen LogP contribution in [-0.4, -0.2) is 72.6 Å². The number of rotatable bonds is 5. The number of hydrogen-bond acceptors (Lipinski definition) is 9. The molecule has 0 spiro atoms. The number of nitrogens with one attached hydrogen (secondary N) is 2. The van der Waals surface area contributed by atoms with Gasteiger partial charge in [-0.2, -0.15) is 20.2 Å². The lowest BCUT2D eigenvalue weighted by atomic mass is 10.2. The Hall–Kier alpha value is -4.27. The summed E-state index contributed by atoms with van der Waals surface area (Å²) in [5, 5.41) is 14.5. The van der Waals surface area contributed by atoms with Crippen LogP contribution >= 0.6 is 0 Å². The van der Waals surface area contributed by atoms with Crippen LogP contribution in [0.5, 0.6) is 0 Å². The molecule has 2 unspecified atom stereocenters. The van der Waals surface area contributed by atoms with Gasteiger partial charge in [0.25, 0.3) is 0 Å². The van der Waals surface area contributed by atoms with Crippen molar-refractivity contribution in [3.63, 3.8) is 0 Å². The molecule has 4 heterocycles. The van der Waals surface area contributed by atoms with Crippen LogP contribution in [0.25, 0.3) is 11.4 Å². The maximum Gasteiger partial charge on any atom is 0.323 e. The molecule has 194 valence electrons. The summed E-state index contributed by atoms with van der Waals surface area (Å²) < 4.78 is 11.3. The molecular formula is C27H28N8O3. The minimum atomic E-state index is -0.373. The molecule has 2 bridgehead atoms. The number of urea groups is 1. The number of anilines is 4. The van der Waals surface area contributed by atoms with Crippen molar-refractivity contribution in [3.8, 4) is 17.5 Å². The Balaban J connectivity index is 1.22. The zero-order valence-electron chi connectivity index (χ0n) is 20.8. The number of ether oxygens (including phenoxy) is 2. The van der Waals surface area contributed by atoms with Crippen molar-refractivity contribution in [1.82, 2.24) is 15.0 Å². The fourth-order valence-corrected chi connectivity index (χ4v) is 5.08. The smallest absolute Gasteiger partial charge is 0.323 e. The van der Waals surface area contributed by atoms with Crippen molar-refractivity contribution in [2.75, 3.05) is 60.0 Å². The highest BCUT2D eigenvalue weighted by Gasteiger charge is 2.39. The first kappa shape index (κ1) is 24.1. The molecule has 3 saturated heterocycles. The predicted molar refractivity (Wildman–Crippen MR) is 142 cm³/mol. The Morgan fingerprint density at radius 3 is 2.08 bits per heavy atom. The average molecular weight is 513 g/mol. The molecule has 2 aromatic carbocycles. The molecule has 2 amide bonds. The number of hydrogen-bond donors (Lipinski definition) is 2. The number of nitriles is 1. The lowest BCUT2D eigenvalue weighted by Crippen LogP contribution is -2.47. The minimum Gasteiger partial charge on any atom is -0.378 e. The molecule has 0 aliphatic carbocycles. The molecule has 11 nitrogen and oxygen atoms in total. The quantitative estimate of drug-likeness (QED) is 0.529. The molecule has 2 atom stereocenters. The molecule has 3 aliphatic rings. The molecule has 38 heavy (non-hydrogen) atoms. The highest BCUT2D eigenvalue weighted by molar-refractivity contribution is 5.99. The highest BCUT2D eigenvalue weighted by atomic mass is 16.5. The van der Waals surface area contributed by atoms with E-state index in [1.165, 1.54) is 0 Å². The molecule has 0 saturated carbocycles. The van der Waals surface area contributed by atoms with Gasteiger partial charge in [0.05, 0.1) is 50.1 Å². The summed E-state index contributed by atoms with van der Waals surface area (Å²) in [5.74, 6) is 1.94. The molecule has 3 fully saturated rings. The van der Waals surface area contributed by atoms with Gasteiger partial charge in [-0.05, 0) is 61.4 Å². The van der Waals surface area contributed by atoms with Gasteiger partial charge in [0.15, 0.2) is 5.82 Å². The Morgan fingerprint density at radius 1 is 0.842 bits per heavy atom. The van der Waals surface area contributed by atoms with Gasteiger partial charge in [0.1, 0.15) is 0 Å². The minimum absolute atomic E-state index is 0.280. The normalized spacial score (nSPS) is 20.6. The number of morpholine rings is 2. The second kappa shape index (κ2) is 10.6. The Labute approximate surface area is 220 Å². The van der Waals surface area contributed by atoms with Crippen molar-refractivity contribution in [2.45, 2.75) is 24.9 Å². The number of carbonyl (C=O) groups excluding carboxylic acids is 1. The molecule has 11 heteroatoms. The first-order valence-corrected chi connectivity index (χ1v) is 12.8. The van der Waals surface area contributed by atoms with Gasteiger partial charge in [-0.25, -0.2) is 4.79 Å². The van der Waals surface area contributed by atoms with E-state index in [-0.39, 0.29) is 18.1 Å². The van der Waals surface area contributed by atoms with E-state index in [2.05, 4.69) is 26.5 Å². The summed E-state index contributed by atoms with van der Waals surface area (Å²) >= 11 is 0. The zero-order chi connectivity index (χ0) is 25.9. The largest absolute Gasteiger partial charge is 0.378 e. The van der Waals surface area contributed by atoms with Crippen LogP contribution < -0.4 is 20.4 Å². The van der Waals surface area contributed by atoms with E-state index in [0.717, 1.165) is 31.5 Å². The molecule has 2 N–H and O–H groups in total. The van der Waals surface area contributed by atoms with Gasteiger partial charge in [-0.3, -0.25) is 0 Å². The summed E-state index contributed by atoms with van der Waals surface area (Å²) in [7, 11) is 0. The van der Waals surface area contributed by atoms with Gasteiger partial charge in [0.2, 0.25) is 11.9 Å². The van der Waals surface area contributed by atoms with Crippen molar-refractivity contribution in [2.24, 2.45) is 0 Å². The SMILES string of the molecule is N#Cc1ccc(NC(=O)Nc2ccc(-c3nc(N4CCOCC4)nc(N4C5CCC4COC5)n3)cc2)cc1. The second-order valence-electron chi connectivity index (χ2n) is 9.53. The molecule has 0 radical (unpaired) electrons. The number of nitrogens with zero attached hydrogens (tertiary/aromatic N) is 6. The van der Waals surface area contributed by atoms with Gasteiger partial charge < -0.3 is 29.9 Å². The molecular weight excluding hydrogens is 484 g/mol. The molecule has 3 aromatic rings. The summed E-state index contributed by atoms with van der Waals surface area (Å²) in [4.78, 5) is 31.5. The third-order valence-corrected chi connectivity index (χ3v) is 7.05.